The molecule has 18 aromatic carbocycles. The number of nitrogens with zero attached hydrogens (tertiary/aromatic N) is 2. The van der Waals surface area contributed by atoms with Crippen LogP contribution in [0.4, 0.5) is 34.1 Å². The monoisotopic (exact) mass is 1320 g/mol. The van der Waals surface area contributed by atoms with Crippen LogP contribution in [0.5, 0.6) is 0 Å². The molecule has 2 nitrogen and oxygen atoms in total. The van der Waals surface area contributed by atoms with Gasteiger partial charge in [-0.1, -0.05) is 308 Å². The molecule has 2 heteroatoms. The smallest absolute Gasteiger partial charge is 0.0543 e. The van der Waals surface area contributed by atoms with Crippen molar-refractivity contribution < 1.29 is 0 Å². The van der Waals surface area contributed by atoms with Gasteiger partial charge in [-0.15, -0.1) is 0 Å². The largest absolute Gasteiger partial charge is 0.310 e. The molecular weight excluding hydrogens is 1250 g/mol. The first-order valence-electron chi connectivity index (χ1n) is 37.0. The molecule has 0 aliphatic heterocycles. The Balaban J connectivity index is 0.862. The van der Waals surface area contributed by atoms with Gasteiger partial charge in [0.25, 0.3) is 0 Å². The maximum Gasteiger partial charge on any atom is 0.0543 e. The van der Waals surface area contributed by atoms with E-state index in [4.69, 9.17) is 0 Å². The highest BCUT2D eigenvalue weighted by Crippen LogP contribution is 2.70. The van der Waals surface area contributed by atoms with E-state index >= 15 is 0 Å². The van der Waals surface area contributed by atoms with Crippen LogP contribution < -0.4 is 9.80 Å². The van der Waals surface area contributed by atoms with Gasteiger partial charge in [-0.25, -0.2) is 0 Å². The highest BCUT2D eigenvalue weighted by Gasteiger charge is 2.59. The number of benzene rings is 18. The first-order chi connectivity index (χ1) is 50.9. The lowest BCUT2D eigenvalue weighted by Crippen LogP contribution is -2.44. The van der Waals surface area contributed by atoms with Crippen molar-refractivity contribution in [1.29, 1.82) is 0 Å². The molecule has 4 aliphatic carbocycles. The lowest BCUT2D eigenvalue weighted by Gasteiger charge is -2.46. The quantitative estimate of drug-likeness (QED) is 0.147. The fourth-order valence-electron chi connectivity index (χ4n) is 20.5. The van der Waals surface area contributed by atoms with Crippen molar-refractivity contribution in [2.75, 3.05) is 9.80 Å². The van der Waals surface area contributed by atoms with Crippen molar-refractivity contribution in [2.24, 2.45) is 0 Å². The Morgan fingerprint density at radius 2 is 0.462 bits per heavy atom. The predicted molar refractivity (Wildman–Crippen MR) is 441 cm³/mol. The summed E-state index contributed by atoms with van der Waals surface area (Å²) >= 11 is 0. The lowest BCUT2D eigenvalue weighted by atomic mass is 9.56. The molecule has 0 N–H and O–H groups in total. The summed E-state index contributed by atoms with van der Waals surface area (Å²) in [5.74, 6) is 0. The minimum atomic E-state index is -0.744. The summed E-state index contributed by atoms with van der Waals surface area (Å²) in [6, 6.07) is 126. The average Bonchev–Trinajstić information content (AvgIpc) is 1.50. The van der Waals surface area contributed by atoms with Gasteiger partial charge in [-0.3, -0.25) is 0 Å². The molecule has 490 valence electrons. The van der Waals surface area contributed by atoms with Gasteiger partial charge in [0.1, 0.15) is 0 Å². The van der Waals surface area contributed by atoms with Gasteiger partial charge in [0.05, 0.1) is 11.4 Å². The predicted octanol–water partition coefficient (Wildman–Crippen LogP) is 27.7. The zero-order chi connectivity index (χ0) is 69.3. The van der Waals surface area contributed by atoms with E-state index in [-0.39, 0.29) is 10.8 Å². The highest BCUT2D eigenvalue weighted by molar-refractivity contribution is 6.20. The van der Waals surface area contributed by atoms with Crippen LogP contribution in [0.3, 0.4) is 0 Å². The molecule has 2 atom stereocenters. The van der Waals surface area contributed by atoms with E-state index in [1.807, 2.05) is 0 Å². The molecule has 0 bridgehead atoms. The summed E-state index contributed by atoms with van der Waals surface area (Å²) in [5.41, 5.74) is 26.0. The second-order valence-electron chi connectivity index (χ2n) is 31.3. The molecule has 0 saturated heterocycles. The van der Waals surface area contributed by atoms with E-state index in [0.29, 0.717) is 0 Å². The van der Waals surface area contributed by atoms with Gasteiger partial charge in [-0.05, 0) is 225 Å². The molecular formula is C102H72N2. The topological polar surface area (TPSA) is 6.48 Å². The van der Waals surface area contributed by atoms with Crippen LogP contribution in [0.25, 0.3) is 131 Å². The lowest BCUT2D eigenvalue weighted by molar-refractivity contribution is 0.376. The van der Waals surface area contributed by atoms with Crippen LogP contribution in [0.2, 0.25) is 0 Å². The molecule has 22 rings (SSSR count). The summed E-state index contributed by atoms with van der Waals surface area (Å²) in [6.07, 6.45) is 0. The van der Waals surface area contributed by atoms with Crippen molar-refractivity contribution in [3.63, 3.8) is 0 Å². The van der Waals surface area contributed by atoms with E-state index in [9.17, 15) is 0 Å². The second kappa shape index (κ2) is 21.1. The molecule has 4 aliphatic rings. The number of rotatable bonds is 7. The maximum absolute atomic E-state index is 2.68. The van der Waals surface area contributed by atoms with E-state index in [0.717, 1.165) is 34.1 Å². The van der Waals surface area contributed by atoms with E-state index in [2.05, 4.69) is 379 Å². The van der Waals surface area contributed by atoms with Crippen molar-refractivity contribution in [3.05, 3.63) is 372 Å². The Labute approximate surface area is 606 Å². The summed E-state index contributed by atoms with van der Waals surface area (Å²) in [6.45, 7) is 14.9. The van der Waals surface area contributed by atoms with Gasteiger partial charge < -0.3 is 9.80 Å². The van der Waals surface area contributed by atoms with E-state index in [1.165, 1.54) is 175 Å². The average molecular weight is 1330 g/mol. The third kappa shape index (κ3) is 7.79. The fraction of sp³-hybridized carbons (Fsp3) is 0.0980. The maximum atomic E-state index is 2.68. The Hall–Kier alpha value is -12.4. The van der Waals surface area contributed by atoms with Crippen molar-refractivity contribution in [2.45, 2.75) is 63.2 Å². The van der Waals surface area contributed by atoms with Crippen LogP contribution in [0.15, 0.2) is 328 Å². The molecule has 0 saturated carbocycles. The zero-order valence-corrected chi connectivity index (χ0v) is 59.1. The van der Waals surface area contributed by atoms with Gasteiger partial charge >= 0.3 is 0 Å². The van der Waals surface area contributed by atoms with Crippen LogP contribution >= 0.6 is 0 Å². The molecule has 0 spiro atoms. The van der Waals surface area contributed by atoms with Crippen LogP contribution in [-0.2, 0) is 21.7 Å². The Morgan fingerprint density at radius 3 is 0.875 bits per heavy atom. The Bertz CT molecular complexity index is 6450. The SMILES string of the molecule is CC1(C)c2ccccc2-c2ccc(N(c3ccc4ccc5ccccc5c4c3)c3cc4c(c5ccccc35)-c3c(ccc5ccccc35)C4(C)C3(C)c4ccc5ccccc5c4-c4c3cc(N(c3ccc5c(c3)C(C)(C)c3ccccc3-5)c3ccc5ccc6ccccc6c5c3)c3ccccc43)cc21. The van der Waals surface area contributed by atoms with E-state index in [1.54, 1.807) is 0 Å². The summed E-state index contributed by atoms with van der Waals surface area (Å²) in [5, 5.41) is 19.7. The molecule has 0 radical (unpaired) electrons. The Morgan fingerprint density at radius 1 is 0.183 bits per heavy atom. The molecule has 18 aromatic rings. The molecule has 0 amide bonds. The number of fused-ring (bicyclic) bond motifs is 26. The molecule has 0 aromatic heterocycles. The zero-order valence-electron chi connectivity index (χ0n) is 59.1. The minimum Gasteiger partial charge on any atom is -0.310 e. The van der Waals surface area contributed by atoms with Crippen LogP contribution in [-0.4, -0.2) is 0 Å². The first kappa shape index (κ1) is 59.3. The fourth-order valence-corrected chi connectivity index (χ4v) is 20.5. The summed E-state index contributed by atoms with van der Waals surface area (Å²) in [4.78, 5) is 5.26. The van der Waals surface area contributed by atoms with Gasteiger partial charge in [0, 0.05) is 55.2 Å². The number of anilines is 6. The van der Waals surface area contributed by atoms with Gasteiger partial charge in [0.15, 0.2) is 0 Å². The van der Waals surface area contributed by atoms with Crippen molar-refractivity contribution in [1.82, 2.24) is 0 Å². The molecule has 2 unspecified atom stereocenters. The molecule has 104 heavy (non-hydrogen) atoms. The Kier molecular flexibility index (Phi) is 12.1. The van der Waals surface area contributed by atoms with Crippen molar-refractivity contribution in [3.8, 4) is 44.5 Å². The first-order valence-corrected chi connectivity index (χ1v) is 37.0. The summed E-state index contributed by atoms with van der Waals surface area (Å²) in [7, 11) is 0. The normalized spacial score (nSPS) is 16.8. The standard InChI is InChI=1S/C102H72N2/c1-99(2)85-37-21-19-31-75(85)77-51-49-69(57-89(77)99)103(67-47-43-65-41-39-61-23-7-11-27-71(61)83(65)55-67)93-59-91-97(81-35-17-15-33-79(81)93)95-73-29-13-9-25-63(73)45-53-87(95)101(91,5)102(6)88-54-46-64-26-10-14-30-74(64)96(88)98-82-36-18-16-34-80(82)94(60-92(98)102)104(68-48-44-66-42-40-62-24-8-12-28-72(62)84(66)56-68)70-50-52-78-76-32-20-22-38-86(76)100(3,4)90(78)58-70/h7-60H,1-6H3. The third-order valence-corrected chi connectivity index (χ3v) is 25.7. The minimum absolute atomic E-state index is 0.235. The van der Waals surface area contributed by atoms with Crippen molar-refractivity contribution >= 4 is 120 Å². The second-order valence-corrected chi connectivity index (χ2v) is 31.3. The van der Waals surface area contributed by atoms with Gasteiger partial charge in [-0.2, -0.15) is 0 Å². The third-order valence-electron chi connectivity index (χ3n) is 25.7. The van der Waals surface area contributed by atoms with E-state index < -0.39 is 10.8 Å². The van der Waals surface area contributed by atoms with Crippen LogP contribution in [0, 0.1) is 0 Å². The molecule has 0 fully saturated rings. The summed E-state index contributed by atoms with van der Waals surface area (Å²) < 4.78 is 0. The highest BCUT2D eigenvalue weighted by atomic mass is 15.2. The number of hydrogen-bond donors (Lipinski definition) is 0. The molecule has 0 heterocycles. The van der Waals surface area contributed by atoms with Gasteiger partial charge in [0.2, 0.25) is 0 Å². The van der Waals surface area contributed by atoms with Crippen LogP contribution in [0.1, 0.15) is 86.1 Å². The number of hydrogen-bond acceptors (Lipinski definition) is 2.